The van der Waals surface area contributed by atoms with Gasteiger partial charge in [0.25, 0.3) is 0 Å². The topological polar surface area (TPSA) is 76.9 Å². The number of hydrogen-bond acceptors (Lipinski definition) is 4. The molecule has 1 aromatic heterocycles. The number of para-hydroxylation sites is 1. The summed E-state index contributed by atoms with van der Waals surface area (Å²) in [7, 11) is 1.50. The number of rotatable bonds is 2. The van der Waals surface area contributed by atoms with Crippen LogP contribution in [0.25, 0.3) is 16.7 Å². The molecule has 0 aliphatic carbocycles. The van der Waals surface area contributed by atoms with Crippen LogP contribution in [0.5, 0.6) is 5.75 Å². The average molecular weight is 282 g/mol. The number of methoxy groups -OCH3 is 1. The SMILES string of the molecule is COc1ccc(F)c(-n2c(N)nc3c(C#N)cccc32)c1. The number of benzene rings is 2. The molecule has 5 nitrogen and oxygen atoms in total. The van der Waals surface area contributed by atoms with Gasteiger partial charge in [0.15, 0.2) is 0 Å². The molecule has 1 heterocycles. The van der Waals surface area contributed by atoms with E-state index in [1.54, 1.807) is 18.2 Å². The van der Waals surface area contributed by atoms with Crippen LogP contribution < -0.4 is 10.5 Å². The Kier molecular flexibility index (Phi) is 2.95. The Bertz CT molecular complexity index is 879. The number of nitrogen functional groups attached to an aromatic ring is 1. The molecule has 3 aromatic rings. The first kappa shape index (κ1) is 12.9. The summed E-state index contributed by atoms with van der Waals surface area (Å²) in [6.45, 7) is 0. The number of nitriles is 1. The van der Waals surface area contributed by atoms with Crippen molar-refractivity contribution in [3.8, 4) is 17.5 Å². The van der Waals surface area contributed by atoms with E-state index >= 15 is 0 Å². The molecular formula is C15H11FN4O. The maximum absolute atomic E-state index is 14.1. The molecule has 0 saturated carbocycles. The van der Waals surface area contributed by atoms with Gasteiger partial charge in [0.05, 0.1) is 23.9 Å². The van der Waals surface area contributed by atoms with Crippen molar-refractivity contribution in [2.45, 2.75) is 0 Å². The highest BCUT2D eigenvalue weighted by Gasteiger charge is 2.16. The zero-order valence-electron chi connectivity index (χ0n) is 11.2. The van der Waals surface area contributed by atoms with Crippen molar-refractivity contribution >= 4 is 17.0 Å². The fourth-order valence-corrected chi connectivity index (χ4v) is 2.25. The number of ether oxygens (including phenoxy) is 1. The molecule has 3 rings (SSSR count). The zero-order chi connectivity index (χ0) is 15.0. The molecule has 0 amide bonds. The van der Waals surface area contributed by atoms with Gasteiger partial charge in [0, 0.05) is 6.07 Å². The van der Waals surface area contributed by atoms with Gasteiger partial charge in [-0.25, -0.2) is 9.37 Å². The molecule has 0 aliphatic heterocycles. The Morgan fingerprint density at radius 1 is 1.33 bits per heavy atom. The molecular weight excluding hydrogens is 271 g/mol. The van der Waals surface area contributed by atoms with Gasteiger partial charge in [0.1, 0.15) is 23.2 Å². The molecule has 0 bridgehead atoms. The van der Waals surface area contributed by atoms with E-state index in [9.17, 15) is 4.39 Å². The summed E-state index contributed by atoms with van der Waals surface area (Å²) in [5, 5.41) is 9.11. The summed E-state index contributed by atoms with van der Waals surface area (Å²) in [5.41, 5.74) is 7.53. The van der Waals surface area contributed by atoms with Gasteiger partial charge >= 0.3 is 0 Å². The van der Waals surface area contributed by atoms with Crippen LogP contribution in [0.2, 0.25) is 0 Å². The first-order valence-electron chi connectivity index (χ1n) is 6.16. The standard InChI is InChI=1S/C15H11FN4O/c1-21-10-5-6-11(16)13(7-10)20-12-4-2-3-9(8-17)14(12)19-15(20)18/h2-7H,1H3,(H2,18,19). The average Bonchev–Trinajstić information content (AvgIpc) is 2.83. The van der Waals surface area contributed by atoms with Crippen molar-refractivity contribution in [1.29, 1.82) is 5.26 Å². The molecule has 104 valence electrons. The van der Waals surface area contributed by atoms with E-state index < -0.39 is 5.82 Å². The van der Waals surface area contributed by atoms with Gasteiger partial charge in [-0.15, -0.1) is 0 Å². The Morgan fingerprint density at radius 3 is 2.86 bits per heavy atom. The highest BCUT2D eigenvalue weighted by molar-refractivity contribution is 5.86. The third-order valence-electron chi connectivity index (χ3n) is 3.23. The molecule has 0 aliphatic rings. The van der Waals surface area contributed by atoms with Crippen molar-refractivity contribution in [2.75, 3.05) is 12.8 Å². The minimum absolute atomic E-state index is 0.111. The van der Waals surface area contributed by atoms with E-state index in [-0.39, 0.29) is 11.6 Å². The van der Waals surface area contributed by atoms with E-state index in [2.05, 4.69) is 4.98 Å². The Morgan fingerprint density at radius 2 is 2.14 bits per heavy atom. The summed E-state index contributed by atoms with van der Waals surface area (Å²) >= 11 is 0. The van der Waals surface area contributed by atoms with Crippen molar-refractivity contribution in [3.05, 3.63) is 47.8 Å². The molecule has 6 heteroatoms. The number of imidazole rings is 1. The van der Waals surface area contributed by atoms with Crippen LogP contribution in [0.15, 0.2) is 36.4 Å². The monoisotopic (exact) mass is 282 g/mol. The molecule has 0 unspecified atom stereocenters. The number of fused-ring (bicyclic) bond motifs is 1. The van der Waals surface area contributed by atoms with E-state index in [0.717, 1.165) is 0 Å². The Balaban J connectivity index is 2.36. The predicted octanol–water partition coefficient (Wildman–Crippen LogP) is 2.63. The summed E-state index contributed by atoms with van der Waals surface area (Å²) in [6.07, 6.45) is 0. The van der Waals surface area contributed by atoms with Crippen molar-refractivity contribution in [3.63, 3.8) is 0 Å². The van der Waals surface area contributed by atoms with Gasteiger partial charge in [-0.3, -0.25) is 4.57 Å². The van der Waals surface area contributed by atoms with Crippen LogP contribution in [-0.2, 0) is 0 Å². The van der Waals surface area contributed by atoms with E-state index in [4.69, 9.17) is 15.7 Å². The normalized spacial score (nSPS) is 10.5. The molecule has 2 N–H and O–H groups in total. The highest BCUT2D eigenvalue weighted by Crippen LogP contribution is 2.28. The summed E-state index contributed by atoms with van der Waals surface area (Å²) in [4.78, 5) is 4.17. The van der Waals surface area contributed by atoms with E-state index in [1.165, 1.54) is 29.9 Å². The lowest BCUT2D eigenvalue weighted by Gasteiger charge is -2.09. The Labute approximate surface area is 120 Å². The summed E-state index contributed by atoms with van der Waals surface area (Å²) < 4.78 is 20.7. The molecule has 0 radical (unpaired) electrons. The number of halogens is 1. The third kappa shape index (κ3) is 1.96. The molecule has 0 saturated heterocycles. The molecule has 0 fully saturated rings. The largest absolute Gasteiger partial charge is 0.497 e. The second kappa shape index (κ2) is 4.80. The van der Waals surface area contributed by atoms with Crippen LogP contribution in [0.3, 0.4) is 0 Å². The van der Waals surface area contributed by atoms with Gasteiger partial charge in [-0.2, -0.15) is 5.26 Å². The fraction of sp³-hybridized carbons (Fsp3) is 0.0667. The number of nitrogens with zero attached hydrogens (tertiary/aromatic N) is 3. The second-order valence-corrected chi connectivity index (χ2v) is 4.41. The van der Waals surface area contributed by atoms with Gasteiger partial charge in [0.2, 0.25) is 5.95 Å². The van der Waals surface area contributed by atoms with Crippen LogP contribution in [0, 0.1) is 17.1 Å². The molecule has 2 aromatic carbocycles. The number of nitrogens with two attached hydrogens (primary N) is 1. The number of anilines is 1. The smallest absolute Gasteiger partial charge is 0.206 e. The van der Waals surface area contributed by atoms with E-state index in [1.807, 2.05) is 6.07 Å². The lowest BCUT2D eigenvalue weighted by molar-refractivity contribution is 0.413. The number of hydrogen-bond donors (Lipinski definition) is 1. The first-order valence-corrected chi connectivity index (χ1v) is 6.16. The van der Waals surface area contributed by atoms with Gasteiger partial charge < -0.3 is 10.5 Å². The van der Waals surface area contributed by atoms with Crippen LogP contribution in [0.4, 0.5) is 10.3 Å². The van der Waals surface area contributed by atoms with Crippen molar-refractivity contribution in [1.82, 2.24) is 9.55 Å². The van der Waals surface area contributed by atoms with E-state index in [0.29, 0.717) is 22.3 Å². The van der Waals surface area contributed by atoms with Gasteiger partial charge in [-0.05, 0) is 24.3 Å². The summed E-state index contributed by atoms with van der Waals surface area (Å²) in [6, 6.07) is 11.5. The van der Waals surface area contributed by atoms with Crippen LogP contribution in [-0.4, -0.2) is 16.7 Å². The third-order valence-corrected chi connectivity index (χ3v) is 3.23. The molecule has 0 atom stereocenters. The van der Waals surface area contributed by atoms with Gasteiger partial charge in [-0.1, -0.05) is 6.07 Å². The summed E-state index contributed by atoms with van der Waals surface area (Å²) in [5.74, 6) is 0.160. The van der Waals surface area contributed by atoms with Crippen LogP contribution in [0.1, 0.15) is 5.56 Å². The lowest BCUT2D eigenvalue weighted by Crippen LogP contribution is -2.03. The molecule has 0 spiro atoms. The predicted molar refractivity (Wildman–Crippen MR) is 76.7 cm³/mol. The fourth-order valence-electron chi connectivity index (χ4n) is 2.25. The zero-order valence-corrected chi connectivity index (χ0v) is 11.2. The minimum Gasteiger partial charge on any atom is -0.497 e. The maximum atomic E-state index is 14.1. The quantitative estimate of drug-likeness (QED) is 0.783. The minimum atomic E-state index is -0.454. The van der Waals surface area contributed by atoms with Crippen molar-refractivity contribution < 1.29 is 9.13 Å². The van der Waals surface area contributed by atoms with Crippen LogP contribution >= 0.6 is 0 Å². The Hall–Kier alpha value is -3.07. The number of aromatic nitrogens is 2. The highest BCUT2D eigenvalue weighted by atomic mass is 19.1. The first-order chi connectivity index (χ1) is 10.2. The molecule has 21 heavy (non-hydrogen) atoms. The lowest BCUT2D eigenvalue weighted by atomic mass is 10.2. The van der Waals surface area contributed by atoms with Crippen molar-refractivity contribution in [2.24, 2.45) is 0 Å². The maximum Gasteiger partial charge on any atom is 0.206 e. The second-order valence-electron chi connectivity index (χ2n) is 4.41.